The first kappa shape index (κ1) is 82.0. The minimum atomic E-state index is -4.54. The number of alkyl halides is 3. The third-order valence-electron chi connectivity index (χ3n) is 22.5. The molecule has 0 radical (unpaired) electrons. The van der Waals surface area contributed by atoms with E-state index in [0.29, 0.717) is 87.6 Å². The number of morpholine rings is 1. The molecule has 0 unspecified atom stereocenters. The zero-order valence-corrected chi connectivity index (χ0v) is 67.8. The van der Waals surface area contributed by atoms with Gasteiger partial charge in [-0.05, 0) is 212 Å². The van der Waals surface area contributed by atoms with Gasteiger partial charge in [0.25, 0.3) is 23.6 Å². The molecule has 12 aliphatic carbocycles. The molecule has 13 fully saturated rings. The average Bonchev–Trinajstić information content (AvgIpc) is 0.699. The summed E-state index contributed by atoms with van der Waals surface area (Å²) in [7, 11) is 0. The lowest BCUT2D eigenvalue weighted by Crippen LogP contribution is -2.81. The first-order chi connectivity index (χ1) is 56.4. The SMILES string of the molecule is Cc1cc(OCC(=O)NC23CC(Nc4cncc(-c5cccnc5)n4)(C2)C3)ccc1Cl.Cc1cc(OCC(=O)NC23CC(Nc4cncc(C#N)n4)(C2)C3)ccc1Cl.Cc1cc(OCC(=O)NC23CC(Nc4cncc(C(F)(F)F)n4)(C2)C3)ccc1Cl.Cc1cc(OCC(=O)NC23CC(Nc4cncc(N5CCOCC5)n4)(C2)C3)ccc1Cl. The Labute approximate surface area is 697 Å². The molecule has 4 aromatic carbocycles. The van der Waals surface area contributed by atoms with Gasteiger partial charge in [-0.3, -0.25) is 44.1 Å². The van der Waals surface area contributed by atoms with E-state index in [1.165, 1.54) is 12.4 Å². The number of pyridine rings is 1. The molecule has 0 atom stereocenters. The number of hydrogen-bond donors (Lipinski definition) is 8. The molecule has 1 aliphatic heterocycles. The highest BCUT2D eigenvalue weighted by Gasteiger charge is 2.72. The van der Waals surface area contributed by atoms with E-state index in [4.69, 9.17) is 80.3 Å². The third-order valence-corrected chi connectivity index (χ3v) is 24.2. The first-order valence-corrected chi connectivity index (χ1v) is 39.8. The standard InChI is InChI=1S/C23H22ClN5O2.C22H26ClN5O3.C19H18ClF3N4O2.C19H18ClN5O2/c1-15-7-17(4-5-18(15)24)31-11-21(30)29-23-12-22(13-23,14-23)28-20-10-26-9-19(27-20)16-3-2-6-25-8-16;1-15-8-16(2-3-17(15)23)31-11-20(29)27-22-12-21(13-22,14-22)26-18-9-24-10-19(25-18)28-4-6-30-7-5-28;1-11-4-12(2-3-13(11)20)29-7-16(28)27-18-8-17(9-18,10-18)26-15-6-24-5-14(25-15)19(21,22)23;1-12-4-14(2-3-15(12)20)27-8-17(26)25-19-9-18(10-19,11-19)24-16-7-22-6-13(5-21)23-16/h2-10H,11-14H2,1H3,(H,27,28)(H,29,30);2-3,8-10H,4-7,11-14H2,1H3,(H,25,26)(H,27,29);2-6H,7-10H2,1H3,(H,25,26)(H,27,28);2-4,6-7H,8-11H2,1H3,(H,23,24)(H,25,26). The van der Waals surface area contributed by atoms with Crippen LogP contribution in [0.5, 0.6) is 23.0 Å². The number of anilines is 5. The molecule has 4 amide bonds. The van der Waals surface area contributed by atoms with Gasteiger partial charge in [-0.1, -0.05) is 46.4 Å². The Balaban J connectivity index is 0.000000123. The van der Waals surface area contributed by atoms with Gasteiger partial charge < -0.3 is 71.1 Å². The quantitative estimate of drug-likeness (QED) is 0.0250. The van der Waals surface area contributed by atoms with Gasteiger partial charge in [0.15, 0.2) is 37.8 Å². The van der Waals surface area contributed by atoms with Crippen LogP contribution >= 0.6 is 46.4 Å². The number of nitrogens with one attached hydrogen (secondary N) is 8. The zero-order valence-electron chi connectivity index (χ0n) is 64.7. The number of rotatable bonds is 26. The summed E-state index contributed by atoms with van der Waals surface area (Å²) in [5.41, 5.74) is 3.36. The maximum Gasteiger partial charge on any atom is 0.434 e. The van der Waals surface area contributed by atoms with Gasteiger partial charge in [0.2, 0.25) is 0 Å². The lowest BCUT2D eigenvalue weighted by atomic mass is 9.44. The summed E-state index contributed by atoms with van der Waals surface area (Å²) >= 11 is 24.0. The maximum absolute atomic E-state index is 12.8. The van der Waals surface area contributed by atoms with Crippen molar-refractivity contribution < 1.29 is 56.0 Å². The Morgan fingerprint density at radius 1 is 0.441 bits per heavy atom. The minimum absolute atomic E-state index is 0.000257. The third kappa shape index (κ3) is 18.9. The molecule has 28 nitrogen and oxygen atoms in total. The molecule has 35 heteroatoms. The lowest BCUT2D eigenvalue weighted by molar-refractivity contribution is -0.142. The highest BCUT2D eigenvalue weighted by Crippen LogP contribution is 2.64. The molecule has 22 rings (SSSR count). The Kier molecular flexibility index (Phi) is 22.9. The molecule has 6 heterocycles. The second-order valence-corrected chi connectivity index (χ2v) is 34.1. The number of hydrogen-bond acceptors (Lipinski definition) is 24. The smallest absolute Gasteiger partial charge is 0.434 e. The highest BCUT2D eigenvalue weighted by atomic mass is 35.5. The monoisotopic (exact) mass is 1690 g/mol. The molecule has 5 aromatic heterocycles. The van der Waals surface area contributed by atoms with Crippen molar-refractivity contribution in [2.75, 3.05) is 78.9 Å². The van der Waals surface area contributed by atoms with E-state index in [1.807, 2.05) is 64.1 Å². The Bertz CT molecular complexity index is 5280. The van der Waals surface area contributed by atoms with Crippen LogP contribution in [0, 0.1) is 39.0 Å². The summed E-state index contributed by atoms with van der Waals surface area (Å²) in [5, 5.41) is 37.3. The van der Waals surface area contributed by atoms with E-state index in [0.717, 1.165) is 122 Å². The van der Waals surface area contributed by atoms with Crippen LogP contribution < -0.4 is 66.4 Å². The molecular formula is C83H84Cl4F3N19O9. The number of halogens is 7. The van der Waals surface area contributed by atoms with Crippen LogP contribution in [-0.4, -0.2) is 166 Å². The molecule has 0 spiro atoms. The number of ether oxygens (including phenoxy) is 5. The van der Waals surface area contributed by atoms with E-state index in [-0.39, 0.29) is 106 Å². The summed E-state index contributed by atoms with van der Waals surface area (Å²) in [5.74, 6) is 4.94. The fourth-order valence-corrected chi connectivity index (χ4v) is 18.0. The van der Waals surface area contributed by atoms with Crippen LogP contribution in [-0.2, 0) is 30.1 Å². The Hall–Kier alpha value is -11.2. The Morgan fingerprint density at radius 3 is 1.14 bits per heavy atom. The van der Waals surface area contributed by atoms with E-state index in [2.05, 4.69) is 87.3 Å². The number of aromatic nitrogens is 9. The first-order valence-electron chi connectivity index (χ1n) is 38.3. The van der Waals surface area contributed by atoms with E-state index in [9.17, 15) is 32.3 Å². The summed E-state index contributed by atoms with van der Waals surface area (Å²) in [4.78, 5) is 88.9. The molecular weight excluding hydrogens is 1610 g/mol. The number of nitriles is 1. The largest absolute Gasteiger partial charge is 0.484 e. The fraction of sp³-hybridized carbons (Fsp3) is 0.398. The van der Waals surface area contributed by atoms with Crippen LogP contribution in [0.1, 0.15) is 111 Å². The molecule has 8 N–H and O–H groups in total. The van der Waals surface area contributed by atoms with Crippen molar-refractivity contribution in [1.82, 2.24) is 66.1 Å². The van der Waals surface area contributed by atoms with Gasteiger partial charge in [-0.2, -0.15) is 18.4 Å². The van der Waals surface area contributed by atoms with Gasteiger partial charge in [-0.25, -0.2) is 19.9 Å². The lowest BCUT2D eigenvalue weighted by Gasteiger charge is -2.70. The van der Waals surface area contributed by atoms with Crippen molar-refractivity contribution in [2.24, 2.45) is 0 Å². The van der Waals surface area contributed by atoms with Crippen LogP contribution in [0.2, 0.25) is 20.1 Å². The van der Waals surface area contributed by atoms with Crippen molar-refractivity contribution in [3.8, 4) is 40.3 Å². The Morgan fingerprint density at radius 2 is 0.788 bits per heavy atom. The van der Waals surface area contributed by atoms with Gasteiger partial charge in [0, 0.05) is 95.4 Å². The summed E-state index contributed by atoms with van der Waals surface area (Å²) in [6.07, 6.45) is 20.5. The van der Waals surface area contributed by atoms with Crippen LogP contribution in [0.15, 0.2) is 147 Å². The predicted octanol–water partition coefficient (Wildman–Crippen LogP) is 12.7. The van der Waals surface area contributed by atoms with Crippen LogP contribution in [0.25, 0.3) is 11.3 Å². The van der Waals surface area contributed by atoms with E-state index in [1.54, 1.807) is 98.0 Å². The average molecular weight is 1690 g/mol. The fourth-order valence-electron chi connectivity index (χ4n) is 17.5. The van der Waals surface area contributed by atoms with Crippen molar-refractivity contribution in [2.45, 2.75) is 155 Å². The normalized spacial score (nSPS) is 24.8. The molecule has 1 saturated heterocycles. The number of nitrogens with zero attached hydrogens (tertiary/aromatic N) is 11. The zero-order chi connectivity index (χ0) is 82.9. The number of amides is 4. The number of carbonyl (C=O) groups is 4. The topological polar surface area (TPSA) is 354 Å². The molecule has 12 saturated carbocycles. The number of aryl methyl sites for hydroxylation is 4. The summed E-state index contributed by atoms with van der Waals surface area (Å²) in [6, 6.07) is 27.0. The van der Waals surface area contributed by atoms with Crippen molar-refractivity contribution in [1.29, 1.82) is 5.26 Å². The highest BCUT2D eigenvalue weighted by molar-refractivity contribution is 6.32. The van der Waals surface area contributed by atoms with Gasteiger partial charge in [0.1, 0.15) is 58.2 Å². The second kappa shape index (κ2) is 33.0. The second-order valence-electron chi connectivity index (χ2n) is 32.4. The number of carbonyl (C=O) groups excluding carboxylic acids is 4. The number of benzene rings is 4. The van der Waals surface area contributed by atoms with Crippen molar-refractivity contribution >= 4 is 99.1 Å². The van der Waals surface area contributed by atoms with Gasteiger partial charge in [-0.15, -0.1) is 0 Å². The summed E-state index contributed by atoms with van der Waals surface area (Å²) < 4.78 is 65.9. The molecule has 614 valence electrons. The molecule has 8 bridgehead atoms. The maximum atomic E-state index is 12.8. The van der Waals surface area contributed by atoms with Gasteiger partial charge in [0.05, 0.1) is 68.5 Å². The van der Waals surface area contributed by atoms with E-state index >= 15 is 0 Å². The predicted molar refractivity (Wildman–Crippen MR) is 435 cm³/mol. The van der Waals surface area contributed by atoms with Crippen molar-refractivity contribution in [3.63, 3.8) is 0 Å². The molecule has 118 heavy (non-hydrogen) atoms. The summed E-state index contributed by atoms with van der Waals surface area (Å²) in [6.45, 7) is 10.5. The van der Waals surface area contributed by atoms with Crippen LogP contribution in [0.4, 0.5) is 42.3 Å². The molecule has 9 aromatic rings. The van der Waals surface area contributed by atoms with E-state index < -0.39 is 11.9 Å². The minimum Gasteiger partial charge on any atom is -0.484 e. The van der Waals surface area contributed by atoms with Crippen molar-refractivity contribution in [3.05, 3.63) is 201 Å². The van der Waals surface area contributed by atoms with Crippen LogP contribution in [0.3, 0.4) is 0 Å². The molecule has 13 aliphatic rings. The van der Waals surface area contributed by atoms with Gasteiger partial charge >= 0.3 is 6.18 Å².